The van der Waals surface area contributed by atoms with Crippen molar-refractivity contribution in [3.63, 3.8) is 0 Å². The zero-order valence-corrected chi connectivity index (χ0v) is 22.9. The van der Waals surface area contributed by atoms with Gasteiger partial charge in [0.1, 0.15) is 17.0 Å². The quantitative estimate of drug-likeness (QED) is 0.367. The number of nitriles is 1. The van der Waals surface area contributed by atoms with Gasteiger partial charge in [0.15, 0.2) is 11.5 Å². The minimum absolute atomic E-state index is 0.0160. The van der Waals surface area contributed by atoms with E-state index in [9.17, 15) is 23.2 Å². The van der Waals surface area contributed by atoms with Crippen LogP contribution >= 0.6 is 0 Å². The number of piperazine rings is 1. The Morgan fingerprint density at radius 1 is 1.12 bits per heavy atom. The van der Waals surface area contributed by atoms with E-state index in [0.29, 0.717) is 48.0 Å². The molecule has 0 saturated carbocycles. The van der Waals surface area contributed by atoms with E-state index in [1.54, 1.807) is 19.2 Å². The van der Waals surface area contributed by atoms with Crippen molar-refractivity contribution in [2.45, 2.75) is 65.0 Å². The highest BCUT2D eigenvalue weighted by Crippen LogP contribution is 2.33. The summed E-state index contributed by atoms with van der Waals surface area (Å²) in [6, 6.07) is 7.24. The molecule has 0 amide bonds. The average Bonchev–Trinajstić information content (AvgIpc) is 3.29. The van der Waals surface area contributed by atoms with Gasteiger partial charge in [-0.1, -0.05) is 6.07 Å². The molecule has 1 fully saturated rings. The number of anilines is 1. The molecule has 1 aliphatic heterocycles. The minimum Gasteiger partial charge on any atom is -0.349 e. The van der Waals surface area contributed by atoms with Crippen molar-refractivity contribution in [3.05, 3.63) is 52.0 Å². The highest BCUT2D eigenvalue weighted by atomic mass is 19.4. The molecule has 40 heavy (non-hydrogen) atoms. The van der Waals surface area contributed by atoms with Crippen LogP contribution in [0.3, 0.4) is 0 Å². The first-order valence-corrected chi connectivity index (χ1v) is 13.1. The zero-order chi connectivity index (χ0) is 28.9. The number of halogens is 3. The molecule has 3 aromatic heterocycles. The van der Waals surface area contributed by atoms with Crippen LogP contribution in [0.4, 0.5) is 19.0 Å². The van der Waals surface area contributed by atoms with Crippen LogP contribution in [0, 0.1) is 11.3 Å². The average molecular weight is 554 g/mol. The minimum atomic E-state index is -4.57. The molecule has 1 aromatic carbocycles. The van der Waals surface area contributed by atoms with Crippen LogP contribution in [0.1, 0.15) is 50.8 Å². The summed E-state index contributed by atoms with van der Waals surface area (Å²) < 4.78 is 43.0. The van der Waals surface area contributed by atoms with E-state index in [4.69, 9.17) is 4.98 Å². The number of nitrogens with zero attached hydrogens (tertiary/aromatic N) is 9. The number of fused-ring (bicyclic) bond motifs is 2. The zero-order valence-electron chi connectivity index (χ0n) is 22.9. The number of aryl methyl sites for hydroxylation is 2. The van der Waals surface area contributed by atoms with Crippen LogP contribution in [0.2, 0.25) is 0 Å². The van der Waals surface area contributed by atoms with Crippen molar-refractivity contribution in [1.29, 1.82) is 5.26 Å². The normalized spacial score (nSPS) is 19.3. The molecule has 0 bridgehead atoms. The van der Waals surface area contributed by atoms with E-state index in [0.717, 1.165) is 11.8 Å². The molecular formula is C27H30F3N9O. The lowest BCUT2D eigenvalue weighted by molar-refractivity contribution is -0.141. The monoisotopic (exact) mass is 553 g/mol. The van der Waals surface area contributed by atoms with E-state index in [2.05, 4.69) is 37.7 Å². The van der Waals surface area contributed by atoms with Gasteiger partial charge in [-0.2, -0.15) is 23.4 Å². The largest absolute Gasteiger partial charge is 0.434 e. The van der Waals surface area contributed by atoms with Crippen molar-refractivity contribution in [3.8, 4) is 6.07 Å². The van der Waals surface area contributed by atoms with Gasteiger partial charge in [-0.25, -0.2) is 14.8 Å². The van der Waals surface area contributed by atoms with E-state index < -0.39 is 17.6 Å². The first-order chi connectivity index (χ1) is 18.9. The molecule has 1 saturated heterocycles. The maximum Gasteiger partial charge on any atom is 0.434 e. The fraction of sp³-hybridized carbons (Fsp3) is 0.481. The Labute approximate surface area is 228 Å². The highest BCUT2D eigenvalue weighted by Gasteiger charge is 2.36. The van der Waals surface area contributed by atoms with Gasteiger partial charge < -0.3 is 9.47 Å². The first-order valence-electron chi connectivity index (χ1n) is 13.1. The predicted octanol–water partition coefficient (Wildman–Crippen LogP) is 3.84. The lowest BCUT2D eigenvalue weighted by atomic mass is 10.00. The molecule has 0 N–H and O–H groups in total. The number of alkyl halides is 3. The van der Waals surface area contributed by atoms with Crippen LogP contribution in [0.5, 0.6) is 0 Å². The van der Waals surface area contributed by atoms with Gasteiger partial charge in [-0.15, -0.1) is 0 Å². The van der Waals surface area contributed by atoms with Crippen molar-refractivity contribution in [2.24, 2.45) is 7.05 Å². The lowest BCUT2D eigenvalue weighted by Crippen LogP contribution is -2.57. The van der Waals surface area contributed by atoms with E-state index >= 15 is 0 Å². The molecule has 0 aliphatic carbocycles. The van der Waals surface area contributed by atoms with Crippen LogP contribution in [0.25, 0.3) is 22.2 Å². The third kappa shape index (κ3) is 4.66. The number of hydrogen-bond acceptors (Lipinski definition) is 8. The molecule has 13 heteroatoms. The Morgan fingerprint density at radius 3 is 2.55 bits per heavy atom. The number of rotatable bonds is 5. The number of aromatic nitrogens is 6. The van der Waals surface area contributed by atoms with Gasteiger partial charge in [-0.05, 0) is 45.4 Å². The first kappa shape index (κ1) is 27.5. The maximum absolute atomic E-state index is 13.2. The van der Waals surface area contributed by atoms with Crippen LogP contribution in [-0.4, -0.2) is 59.1 Å². The molecule has 5 rings (SSSR count). The second-order valence-electron chi connectivity index (χ2n) is 10.3. The van der Waals surface area contributed by atoms with Gasteiger partial charge in [0, 0.05) is 44.8 Å². The number of imidazole rings is 1. The van der Waals surface area contributed by atoms with E-state index in [1.165, 1.54) is 4.57 Å². The highest BCUT2D eigenvalue weighted by molar-refractivity contribution is 5.85. The molecule has 0 spiro atoms. The summed E-state index contributed by atoms with van der Waals surface area (Å²) in [6.45, 7) is 9.81. The summed E-state index contributed by atoms with van der Waals surface area (Å²) in [5.74, 6) is 1.09. The predicted molar refractivity (Wildman–Crippen MR) is 144 cm³/mol. The van der Waals surface area contributed by atoms with Gasteiger partial charge in [-0.3, -0.25) is 14.5 Å². The molecule has 1 aliphatic rings. The third-order valence-corrected chi connectivity index (χ3v) is 7.73. The van der Waals surface area contributed by atoms with Crippen LogP contribution in [-0.2, 0) is 26.2 Å². The van der Waals surface area contributed by atoms with Crippen molar-refractivity contribution in [1.82, 2.24) is 34.0 Å². The van der Waals surface area contributed by atoms with Gasteiger partial charge >= 0.3 is 11.9 Å². The fourth-order valence-corrected chi connectivity index (χ4v) is 5.63. The Morgan fingerprint density at radius 2 is 1.88 bits per heavy atom. The Hall–Kier alpha value is -4.05. The van der Waals surface area contributed by atoms with Gasteiger partial charge in [0.25, 0.3) is 0 Å². The smallest absolute Gasteiger partial charge is 0.349 e. The maximum atomic E-state index is 13.2. The SMILES string of the molecule is CCn1c(CC#N)nc2c(N3C[C@@H](C)N(C(C)c4ccc5ncc(C(F)(F)F)nc5c4)C[C@@H]3C)nc(=O)n(C)c21. The van der Waals surface area contributed by atoms with Gasteiger partial charge in [0.05, 0.1) is 29.7 Å². The summed E-state index contributed by atoms with van der Waals surface area (Å²) in [5.41, 5.74) is 1.24. The molecule has 210 valence electrons. The standard InChI is InChI=1S/C27H30F3N9O/c1-6-37-22(9-10-31)34-23-24(35-26(40)36(5)25(23)37)39-14-15(2)38(13-16(39)3)17(4)18-7-8-19-20(11-18)33-21(12-32-19)27(28,29)30/h7-8,11-12,15-17H,6,9,13-14H2,1-5H3/t15-,16+,17?/m1/s1. The molecule has 10 nitrogen and oxygen atoms in total. The van der Waals surface area contributed by atoms with E-state index in [1.807, 2.05) is 31.4 Å². The number of hydrogen-bond donors (Lipinski definition) is 0. The molecule has 1 unspecified atom stereocenters. The Bertz CT molecular complexity index is 1690. The van der Waals surface area contributed by atoms with Crippen LogP contribution in [0.15, 0.2) is 29.2 Å². The fourth-order valence-electron chi connectivity index (χ4n) is 5.63. The second kappa shape index (κ2) is 10.2. The lowest BCUT2D eigenvalue weighted by Gasteiger charge is -2.47. The van der Waals surface area contributed by atoms with Crippen molar-refractivity contribution < 1.29 is 13.2 Å². The van der Waals surface area contributed by atoms with Crippen molar-refractivity contribution >= 4 is 28.0 Å². The summed E-state index contributed by atoms with van der Waals surface area (Å²) in [4.78, 5) is 34.1. The second-order valence-corrected chi connectivity index (χ2v) is 10.3. The molecule has 4 heterocycles. The van der Waals surface area contributed by atoms with E-state index in [-0.39, 0.29) is 30.1 Å². The third-order valence-electron chi connectivity index (χ3n) is 7.73. The number of benzene rings is 1. The topological polar surface area (TPSA) is 109 Å². The molecule has 0 radical (unpaired) electrons. The van der Waals surface area contributed by atoms with Gasteiger partial charge in [0.2, 0.25) is 0 Å². The summed E-state index contributed by atoms with van der Waals surface area (Å²) in [6.07, 6.45) is -3.69. The van der Waals surface area contributed by atoms with Crippen LogP contribution < -0.4 is 10.6 Å². The summed E-state index contributed by atoms with van der Waals surface area (Å²) >= 11 is 0. The molecule has 4 aromatic rings. The molecule has 3 atom stereocenters. The Kier molecular flexibility index (Phi) is 6.99. The molecular weight excluding hydrogens is 523 g/mol. The summed E-state index contributed by atoms with van der Waals surface area (Å²) in [7, 11) is 1.66. The summed E-state index contributed by atoms with van der Waals surface area (Å²) in [5, 5.41) is 9.31. The van der Waals surface area contributed by atoms with Crippen molar-refractivity contribution in [2.75, 3.05) is 18.0 Å². The Balaban J connectivity index is 1.47.